The number of hydrogen-bond donors (Lipinski definition) is 1. The molecule has 0 aromatic heterocycles. The van der Waals surface area contributed by atoms with E-state index in [9.17, 15) is 13.2 Å². The smallest absolute Gasteiger partial charge is 0.313 e. The molecule has 1 N–H and O–H groups in total. The van der Waals surface area contributed by atoms with Crippen molar-refractivity contribution >= 4 is 0 Å². The zero-order valence-electron chi connectivity index (χ0n) is 13.0. The van der Waals surface area contributed by atoms with E-state index in [0.717, 1.165) is 19.4 Å². The van der Waals surface area contributed by atoms with E-state index in [1.807, 2.05) is 20.8 Å². The van der Waals surface area contributed by atoms with E-state index in [2.05, 4.69) is 5.32 Å². The van der Waals surface area contributed by atoms with E-state index < -0.39 is 12.7 Å². The second-order valence-electron chi connectivity index (χ2n) is 6.20. The highest BCUT2D eigenvalue weighted by atomic mass is 19.4. The fourth-order valence-electron chi connectivity index (χ4n) is 3.12. The van der Waals surface area contributed by atoms with E-state index in [4.69, 9.17) is 0 Å². The van der Waals surface area contributed by atoms with Gasteiger partial charge in [0.15, 0.2) is 0 Å². The van der Waals surface area contributed by atoms with Crippen molar-refractivity contribution in [2.75, 3.05) is 19.6 Å². The number of hydrogen-bond acceptors (Lipinski definition) is 2. The van der Waals surface area contributed by atoms with E-state index >= 15 is 0 Å². The molecule has 120 valence electrons. The second kappa shape index (κ2) is 8.23. The number of likely N-dealkylation sites (N-methyl/N-ethyl adjacent to an activating group) is 1. The van der Waals surface area contributed by atoms with Crippen molar-refractivity contribution in [3.05, 3.63) is 0 Å². The highest BCUT2D eigenvalue weighted by Crippen LogP contribution is 2.28. The summed E-state index contributed by atoms with van der Waals surface area (Å²) in [5, 5.41) is 3.41. The van der Waals surface area contributed by atoms with Crippen molar-refractivity contribution in [2.45, 2.75) is 71.1 Å². The predicted octanol–water partition coefficient (Wildman–Crippen LogP) is 3.82. The normalized spacial score (nSPS) is 19.8. The number of rotatable bonds is 7. The van der Waals surface area contributed by atoms with Crippen LogP contribution in [0, 0.1) is 5.92 Å². The number of nitrogens with zero attached hydrogens (tertiary/aromatic N) is 1. The molecule has 20 heavy (non-hydrogen) atoms. The first kappa shape index (κ1) is 17.8. The van der Waals surface area contributed by atoms with Gasteiger partial charge in [-0.1, -0.05) is 26.2 Å². The topological polar surface area (TPSA) is 15.3 Å². The van der Waals surface area contributed by atoms with Crippen molar-refractivity contribution in [1.82, 2.24) is 10.2 Å². The summed E-state index contributed by atoms with van der Waals surface area (Å²) >= 11 is 0. The van der Waals surface area contributed by atoms with Crippen molar-refractivity contribution in [1.29, 1.82) is 0 Å². The predicted molar refractivity (Wildman–Crippen MR) is 76.8 cm³/mol. The molecule has 0 bridgehead atoms. The van der Waals surface area contributed by atoms with Crippen LogP contribution < -0.4 is 5.32 Å². The molecule has 1 aliphatic carbocycles. The molecule has 0 saturated heterocycles. The molecule has 0 heterocycles. The highest BCUT2D eigenvalue weighted by molar-refractivity contribution is 4.83. The lowest BCUT2D eigenvalue weighted by atomic mass is 9.83. The van der Waals surface area contributed by atoms with Crippen LogP contribution in [0.25, 0.3) is 0 Å². The van der Waals surface area contributed by atoms with Crippen LogP contribution in [0.4, 0.5) is 13.2 Å². The van der Waals surface area contributed by atoms with Crippen LogP contribution in [-0.2, 0) is 0 Å². The van der Waals surface area contributed by atoms with Crippen LogP contribution in [0.5, 0.6) is 0 Å². The Morgan fingerprint density at radius 3 is 2.20 bits per heavy atom. The van der Waals surface area contributed by atoms with Crippen molar-refractivity contribution in [3.63, 3.8) is 0 Å². The first-order valence-electron chi connectivity index (χ1n) is 7.87. The molecule has 1 rings (SSSR count). The Morgan fingerprint density at radius 2 is 1.75 bits per heavy atom. The number of alkyl halides is 3. The summed E-state index contributed by atoms with van der Waals surface area (Å²) in [4.78, 5) is 1.56. The molecule has 0 aliphatic heterocycles. The van der Waals surface area contributed by atoms with Crippen LogP contribution in [0.1, 0.15) is 52.9 Å². The minimum absolute atomic E-state index is 0.0821. The summed E-state index contributed by atoms with van der Waals surface area (Å²) < 4.78 is 38.0. The molecule has 0 aromatic carbocycles. The van der Waals surface area contributed by atoms with E-state index in [0.29, 0.717) is 12.5 Å². The van der Waals surface area contributed by atoms with E-state index in [1.54, 1.807) is 4.90 Å². The van der Waals surface area contributed by atoms with Crippen LogP contribution in [0.2, 0.25) is 0 Å². The molecule has 0 radical (unpaired) electrons. The molecule has 1 fully saturated rings. The third-order valence-corrected chi connectivity index (χ3v) is 4.23. The minimum Gasteiger partial charge on any atom is -0.313 e. The zero-order valence-corrected chi connectivity index (χ0v) is 13.0. The number of halogens is 3. The Kier molecular flexibility index (Phi) is 7.30. The summed E-state index contributed by atoms with van der Waals surface area (Å²) in [5.41, 5.74) is 0. The van der Waals surface area contributed by atoms with Gasteiger partial charge in [0.1, 0.15) is 0 Å². The largest absolute Gasteiger partial charge is 0.401 e. The van der Waals surface area contributed by atoms with Gasteiger partial charge in [-0.25, -0.2) is 0 Å². The molecule has 1 unspecified atom stereocenters. The lowest BCUT2D eigenvalue weighted by molar-refractivity contribution is -0.150. The molecule has 2 nitrogen and oxygen atoms in total. The quantitative estimate of drug-likeness (QED) is 0.768. The Hall–Kier alpha value is -0.290. The number of nitrogens with one attached hydrogen (secondary N) is 1. The molecule has 1 atom stereocenters. The van der Waals surface area contributed by atoms with Gasteiger partial charge in [-0.2, -0.15) is 13.2 Å². The SMILES string of the molecule is CCNC(CN(CC(F)(F)F)C(C)C)C1CCCCC1. The monoisotopic (exact) mass is 294 g/mol. The standard InChI is InChI=1S/C15H29F3N2/c1-4-19-14(13-8-6-5-7-9-13)10-20(12(2)3)11-15(16,17)18/h12-14,19H,4-11H2,1-3H3. The average Bonchev–Trinajstić information content (AvgIpc) is 2.36. The molecule has 1 aliphatic rings. The van der Waals surface area contributed by atoms with Crippen molar-refractivity contribution in [3.8, 4) is 0 Å². The summed E-state index contributed by atoms with van der Waals surface area (Å²) in [5.74, 6) is 0.526. The Morgan fingerprint density at radius 1 is 1.15 bits per heavy atom. The molecule has 0 aromatic rings. The average molecular weight is 294 g/mol. The molecule has 5 heteroatoms. The molecular weight excluding hydrogens is 265 g/mol. The minimum atomic E-state index is -4.12. The maximum Gasteiger partial charge on any atom is 0.401 e. The fourth-order valence-corrected chi connectivity index (χ4v) is 3.12. The lowest BCUT2D eigenvalue weighted by Crippen LogP contribution is -2.50. The maximum atomic E-state index is 12.7. The van der Waals surface area contributed by atoms with Crippen molar-refractivity contribution in [2.24, 2.45) is 5.92 Å². The summed E-state index contributed by atoms with van der Waals surface area (Å²) in [6, 6.07) is 0.103. The summed E-state index contributed by atoms with van der Waals surface area (Å²) in [6.07, 6.45) is 1.88. The van der Waals surface area contributed by atoms with Gasteiger partial charge in [-0.05, 0) is 39.2 Å². The molecule has 0 spiro atoms. The van der Waals surface area contributed by atoms with Gasteiger partial charge in [0.25, 0.3) is 0 Å². The van der Waals surface area contributed by atoms with Gasteiger partial charge in [-0.15, -0.1) is 0 Å². The summed E-state index contributed by atoms with van der Waals surface area (Å²) in [6.45, 7) is 6.22. The van der Waals surface area contributed by atoms with Crippen LogP contribution >= 0.6 is 0 Å². The van der Waals surface area contributed by atoms with Gasteiger partial charge in [-0.3, -0.25) is 4.90 Å². The van der Waals surface area contributed by atoms with Gasteiger partial charge < -0.3 is 5.32 Å². The Labute approximate surface area is 121 Å². The first-order valence-corrected chi connectivity index (χ1v) is 7.87. The second-order valence-corrected chi connectivity index (χ2v) is 6.20. The van der Waals surface area contributed by atoms with Gasteiger partial charge in [0.2, 0.25) is 0 Å². The van der Waals surface area contributed by atoms with Gasteiger partial charge in [0, 0.05) is 18.6 Å². The van der Waals surface area contributed by atoms with Gasteiger partial charge >= 0.3 is 6.18 Å². The molecule has 0 amide bonds. The van der Waals surface area contributed by atoms with E-state index in [1.165, 1.54) is 19.3 Å². The lowest BCUT2D eigenvalue weighted by Gasteiger charge is -2.37. The third kappa shape index (κ3) is 6.44. The molecular formula is C15H29F3N2. The zero-order chi connectivity index (χ0) is 15.2. The maximum absolute atomic E-state index is 12.7. The highest BCUT2D eigenvalue weighted by Gasteiger charge is 2.34. The Bertz CT molecular complexity index is 260. The third-order valence-electron chi connectivity index (χ3n) is 4.23. The Balaban J connectivity index is 2.64. The van der Waals surface area contributed by atoms with Crippen LogP contribution in [0.3, 0.4) is 0 Å². The van der Waals surface area contributed by atoms with Gasteiger partial charge in [0.05, 0.1) is 6.54 Å². The van der Waals surface area contributed by atoms with Crippen molar-refractivity contribution < 1.29 is 13.2 Å². The van der Waals surface area contributed by atoms with Crippen LogP contribution in [-0.4, -0.2) is 42.8 Å². The van der Waals surface area contributed by atoms with Crippen LogP contribution in [0.15, 0.2) is 0 Å². The molecule has 1 saturated carbocycles. The first-order chi connectivity index (χ1) is 9.33. The fraction of sp³-hybridized carbons (Fsp3) is 1.00. The van der Waals surface area contributed by atoms with E-state index in [-0.39, 0.29) is 12.1 Å². The summed E-state index contributed by atoms with van der Waals surface area (Å²) in [7, 11) is 0.